The highest BCUT2D eigenvalue weighted by molar-refractivity contribution is 5.85. The Kier molecular flexibility index (Phi) is 5.83. The van der Waals surface area contributed by atoms with Crippen LogP contribution in [0, 0.1) is 6.92 Å². The molecule has 1 atom stereocenters. The predicted molar refractivity (Wildman–Crippen MR) is 60.6 cm³/mol. The van der Waals surface area contributed by atoms with Crippen molar-refractivity contribution in [1.29, 1.82) is 0 Å². The highest BCUT2D eigenvalue weighted by atomic mass is 35.5. The highest BCUT2D eigenvalue weighted by Gasteiger charge is 2.27. The van der Waals surface area contributed by atoms with Crippen molar-refractivity contribution in [2.24, 2.45) is 5.73 Å². The van der Waals surface area contributed by atoms with Gasteiger partial charge < -0.3 is 5.73 Å². The monoisotopic (exact) mass is 253 g/mol. The van der Waals surface area contributed by atoms with Gasteiger partial charge in [-0.25, -0.2) is 0 Å². The van der Waals surface area contributed by atoms with Crippen LogP contribution in [0.5, 0.6) is 0 Å². The largest absolute Gasteiger partial charge is 0.389 e. The fourth-order valence-electron chi connectivity index (χ4n) is 1.39. The Morgan fingerprint density at radius 1 is 1.31 bits per heavy atom. The number of benzene rings is 1. The summed E-state index contributed by atoms with van der Waals surface area (Å²) in [7, 11) is 0. The zero-order valence-electron chi connectivity index (χ0n) is 8.92. The first-order valence-corrected chi connectivity index (χ1v) is 4.77. The Bertz CT molecular complexity index is 325. The number of hydrogen-bond donors (Lipinski definition) is 1. The summed E-state index contributed by atoms with van der Waals surface area (Å²) in [6.45, 7) is 1.89. The molecule has 0 aliphatic carbocycles. The first-order valence-electron chi connectivity index (χ1n) is 4.77. The summed E-state index contributed by atoms with van der Waals surface area (Å²) in [5, 5.41) is 0. The lowest BCUT2D eigenvalue weighted by molar-refractivity contribution is -0.136. The number of aryl methyl sites for hydroxylation is 1. The van der Waals surface area contributed by atoms with Crippen LogP contribution in [-0.2, 0) is 0 Å². The van der Waals surface area contributed by atoms with Crippen LogP contribution >= 0.6 is 12.4 Å². The maximum Gasteiger partial charge on any atom is 0.389 e. The lowest BCUT2D eigenvalue weighted by Crippen LogP contribution is -2.15. The number of halogens is 4. The second-order valence-corrected chi connectivity index (χ2v) is 3.67. The summed E-state index contributed by atoms with van der Waals surface area (Å²) >= 11 is 0. The van der Waals surface area contributed by atoms with Crippen LogP contribution in [0.15, 0.2) is 24.3 Å². The van der Waals surface area contributed by atoms with Crippen molar-refractivity contribution >= 4 is 12.4 Å². The second-order valence-electron chi connectivity index (χ2n) is 3.67. The van der Waals surface area contributed by atoms with Gasteiger partial charge in [-0.1, -0.05) is 29.8 Å². The van der Waals surface area contributed by atoms with Crippen LogP contribution < -0.4 is 5.73 Å². The molecule has 0 fully saturated rings. The Morgan fingerprint density at radius 2 is 1.94 bits per heavy atom. The van der Waals surface area contributed by atoms with Crippen LogP contribution in [-0.4, -0.2) is 6.18 Å². The van der Waals surface area contributed by atoms with E-state index in [1.54, 1.807) is 12.1 Å². The molecule has 0 unspecified atom stereocenters. The molecule has 0 bridgehead atoms. The summed E-state index contributed by atoms with van der Waals surface area (Å²) in [6, 6.07) is 6.74. The molecule has 0 aromatic heterocycles. The number of hydrogen-bond acceptors (Lipinski definition) is 1. The van der Waals surface area contributed by atoms with E-state index in [0.29, 0.717) is 0 Å². The fraction of sp³-hybridized carbons (Fsp3) is 0.455. The third-order valence-corrected chi connectivity index (χ3v) is 2.21. The first kappa shape index (κ1) is 15.3. The molecule has 0 spiro atoms. The molecule has 0 heterocycles. The summed E-state index contributed by atoms with van der Waals surface area (Å²) in [4.78, 5) is 0. The minimum atomic E-state index is -4.12. The molecule has 0 saturated heterocycles. The highest BCUT2D eigenvalue weighted by Crippen LogP contribution is 2.26. The Labute approximate surface area is 99.2 Å². The van der Waals surface area contributed by atoms with Crippen molar-refractivity contribution in [3.05, 3.63) is 35.4 Å². The van der Waals surface area contributed by atoms with Gasteiger partial charge in [0.25, 0.3) is 0 Å². The zero-order valence-corrected chi connectivity index (χ0v) is 9.74. The van der Waals surface area contributed by atoms with Crippen molar-refractivity contribution in [3.8, 4) is 0 Å². The van der Waals surface area contributed by atoms with Crippen LogP contribution in [0.3, 0.4) is 0 Å². The quantitative estimate of drug-likeness (QED) is 0.872. The molecular weight excluding hydrogens is 239 g/mol. The average Bonchev–Trinajstić information content (AvgIpc) is 2.13. The van der Waals surface area contributed by atoms with E-state index in [1.807, 2.05) is 19.1 Å². The second kappa shape index (κ2) is 6.11. The van der Waals surface area contributed by atoms with E-state index in [1.165, 1.54) is 0 Å². The van der Waals surface area contributed by atoms with Crippen molar-refractivity contribution in [2.75, 3.05) is 0 Å². The van der Waals surface area contributed by atoms with Crippen molar-refractivity contribution in [2.45, 2.75) is 32.0 Å². The number of alkyl halides is 3. The van der Waals surface area contributed by atoms with Crippen molar-refractivity contribution < 1.29 is 13.2 Å². The summed E-state index contributed by atoms with van der Waals surface area (Å²) in [5.41, 5.74) is 7.44. The van der Waals surface area contributed by atoms with E-state index < -0.39 is 18.6 Å². The third kappa shape index (κ3) is 5.37. The molecule has 16 heavy (non-hydrogen) atoms. The standard InChI is InChI=1S/C11H14F3N.ClH/c1-8-3-2-4-9(7-8)10(15)5-6-11(12,13)14;/h2-4,7,10H,5-6,15H2,1H3;1H/t10-;/m1./s1. The van der Waals surface area contributed by atoms with Crippen molar-refractivity contribution in [3.63, 3.8) is 0 Å². The molecule has 5 heteroatoms. The van der Waals surface area contributed by atoms with Gasteiger partial charge in [0.05, 0.1) is 0 Å². The number of rotatable bonds is 3. The maximum atomic E-state index is 12.0. The molecule has 2 N–H and O–H groups in total. The van der Waals surface area contributed by atoms with Gasteiger partial charge in [-0.05, 0) is 18.9 Å². The van der Waals surface area contributed by atoms with Gasteiger partial charge >= 0.3 is 6.18 Å². The average molecular weight is 254 g/mol. The van der Waals surface area contributed by atoms with Gasteiger partial charge in [-0.3, -0.25) is 0 Å². The molecule has 0 radical (unpaired) electrons. The van der Waals surface area contributed by atoms with E-state index in [9.17, 15) is 13.2 Å². The smallest absolute Gasteiger partial charge is 0.324 e. The van der Waals surface area contributed by atoms with E-state index in [2.05, 4.69) is 0 Å². The minimum Gasteiger partial charge on any atom is -0.324 e. The normalized spacial score (nSPS) is 13.1. The lowest BCUT2D eigenvalue weighted by atomic mass is 10.0. The molecular formula is C11H15ClF3N. The summed E-state index contributed by atoms with van der Waals surface area (Å²) in [5.74, 6) is 0. The van der Waals surface area contributed by atoms with Crippen LogP contribution in [0.1, 0.15) is 30.0 Å². The Morgan fingerprint density at radius 3 is 2.44 bits per heavy atom. The molecule has 1 rings (SSSR count). The molecule has 1 nitrogen and oxygen atoms in total. The Hall–Kier alpha value is -0.740. The van der Waals surface area contributed by atoms with Gasteiger partial charge in [-0.2, -0.15) is 13.2 Å². The minimum absolute atomic E-state index is 0. The van der Waals surface area contributed by atoms with E-state index in [0.717, 1.165) is 11.1 Å². The van der Waals surface area contributed by atoms with Crippen LogP contribution in [0.25, 0.3) is 0 Å². The van der Waals surface area contributed by atoms with Crippen molar-refractivity contribution in [1.82, 2.24) is 0 Å². The van der Waals surface area contributed by atoms with E-state index in [4.69, 9.17) is 5.73 Å². The third-order valence-electron chi connectivity index (χ3n) is 2.21. The molecule has 0 amide bonds. The molecule has 0 saturated carbocycles. The molecule has 0 aliphatic rings. The fourth-order valence-corrected chi connectivity index (χ4v) is 1.39. The predicted octanol–water partition coefficient (Wildman–Crippen LogP) is 3.76. The SMILES string of the molecule is Cc1cccc([C@H](N)CCC(F)(F)F)c1.Cl. The van der Waals surface area contributed by atoms with E-state index >= 15 is 0 Å². The van der Waals surface area contributed by atoms with Crippen LogP contribution in [0.2, 0.25) is 0 Å². The van der Waals surface area contributed by atoms with Gasteiger partial charge in [0.15, 0.2) is 0 Å². The summed E-state index contributed by atoms with van der Waals surface area (Å²) in [6.07, 6.45) is -5.02. The first-order chi connectivity index (χ1) is 6.88. The maximum absolute atomic E-state index is 12.0. The van der Waals surface area contributed by atoms with E-state index in [-0.39, 0.29) is 18.8 Å². The molecule has 1 aromatic carbocycles. The van der Waals surface area contributed by atoms with Gasteiger partial charge in [-0.15, -0.1) is 12.4 Å². The molecule has 0 aliphatic heterocycles. The Balaban J connectivity index is 0.00000225. The summed E-state index contributed by atoms with van der Waals surface area (Å²) < 4.78 is 35.9. The number of nitrogens with two attached hydrogens (primary N) is 1. The molecule has 1 aromatic rings. The van der Waals surface area contributed by atoms with Gasteiger partial charge in [0.1, 0.15) is 0 Å². The topological polar surface area (TPSA) is 26.0 Å². The van der Waals surface area contributed by atoms with Crippen LogP contribution in [0.4, 0.5) is 13.2 Å². The zero-order chi connectivity index (χ0) is 11.5. The lowest BCUT2D eigenvalue weighted by Gasteiger charge is -2.13. The molecule has 92 valence electrons. The van der Waals surface area contributed by atoms with Gasteiger partial charge in [0.2, 0.25) is 0 Å². The van der Waals surface area contributed by atoms with Gasteiger partial charge in [0, 0.05) is 12.5 Å².